The van der Waals surface area contributed by atoms with Crippen molar-refractivity contribution in [2.24, 2.45) is 5.92 Å². The van der Waals surface area contributed by atoms with E-state index in [0.717, 1.165) is 44.2 Å². The molecule has 0 aromatic carbocycles. The molecule has 0 unspecified atom stereocenters. The Bertz CT molecular complexity index is 355. The average molecular weight is 295 g/mol. The Morgan fingerprint density at radius 3 is 2.43 bits per heavy atom. The first-order valence-electron chi connectivity index (χ1n) is 8.53. The first-order valence-corrected chi connectivity index (χ1v) is 8.53. The molecule has 122 valence electrons. The highest BCUT2D eigenvalue weighted by molar-refractivity contribution is 5.05. The van der Waals surface area contributed by atoms with Crippen LogP contribution in [0.4, 0.5) is 0 Å². The van der Waals surface area contributed by atoms with Gasteiger partial charge in [0, 0.05) is 12.6 Å². The van der Waals surface area contributed by atoms with Crippen LogP contribution in [0, 0.1) is 5.92 Å². The number of aromatic nitrogens is 1. The smallest absolute Gasteiger partial charge is 0.151 e. The van der Waals surface area contributed by atoms with E-state index >= 15 is 0 Å². The van der Waals surface area contributed by atoms with E-state index in [2.05, 4.69) is 49.1 Å². The van der Waals surface area contributed by atoms with Crippen molar-refractivity contribution in [3.63, 3.8) is 0 Å². The summed E-state index contributed by atoms with van der Waals surface area (Å²) in [5.74, 6) is 1.65. The topological polar surface area (TPSA) is 41.3 Å². The highest BCUT2D eigenvalue weighted by atomic mass is 16.5. The van der Waals surface area contributed by atoms with Gasteiger partial charge in [0.2, 0.25) is 0 Å². The van der Waals surface area contributed by atoms with E-state index in [4.69, 9.17) is 4.52 Å². The minimum absolute atomic E-state index is 0.662. The zero-order valence-corrected chi connectivity index (χ0v) is 14.3. The second-order valence-electron chi connectivity index (χ2n) is 6.29. The number of nitrogens with zero attached hydrogens (tertiary/aromatic N) is 2. The molecule has 0 fully saturated rings. The third-order valence-corrected chi connectivity index (χ3v) is 3.50. The van der Waals surface area contributed by atoms with Crippen LogP contribution < -0.4 is 5.32 Å². The molecule has 0 radical (unpaired) electrons. The molecule has 1 rings (SSSR count). The van der Waals surface area contributed by atoms with E-state index in [-0.39, 0.29) is 0 Å². The molecule has 0 saturated heterocycles. The van der Waals surface area contributed by atoms with Crippen LogP contribution in [0.15, 0.2) is 10.6 Å². The molecule has 1 heterocycles. The minimum atomic E-state index is 0.662. The van der Waals surface area contributed by atoms with Gasteiger partial charge in [0.1, 0.15) is 0 Å². The molecule has 0 atom stereocenters. The second-order valence-corrected chi connectivity index (χ2v) is 6.29. The van der Waals surface area contributed by atoms with Crippen molar-refractivity contribution in [2.75, 3.05) is 19.6 Å². The van der Waals surface area contributed by atoms with Crippen molar-refractivity contribution in [1.82, 2.24) is 15.4 Å². The summed E-state index contributed by atoms with van der Waals surface area (Å²) in [4.78, 5) is 2.48. The standard InChI is InChI=1S/C17H33N3O/c1-5-7-9-20(10-8-6-2)14-17-11-16(19-21-17)13-18-12-15(3)4/h11,15,18H,5-10,12-14H2,1-4H3. The van der Waals surface area contributed by atoms with E-state index < -0.39 is 0 Å². The number of rotatable bonds is 12. The fourth-order valence-electron chi connectivity index (χ4n) is 2.26. The normalized spacial score (nSPS) is 11.7. The number of hydrogen-bond acceptors (Lipinski definition) is 4. The van der Waals surface area contributed by atoms with Gasteiger partial charge in [-0.05, 0) is 38.4 Å². The van der Waals surface area contributed by atoms with Crippen LogP contribution in [0.25, 0.3) is 0 Å². The Labute approximate surface area is 130 Å². The van der Waals surface area contributed by atoms with Crippen molar-refractivity contribution in [3.8, 4) is 0 Å². The molecule has 1 aromatic rings. The summed E-state index contributed by atoms with van der Waals surface area (Å²) in [6.45, 7) is 13.9. The molecule has 0 amide bonds. The molecule has 1 N–H and O–H groups in total. The number of nitrogens with one attached hydrogen (secondary N) is 1. The molecule has 0 aliphatic heterocycles. The Morgan fingerprint density at radius 2 is 1.86 bits per heavy atom. The quantitative estimate of drug-likeness (QED) is 0.636. The molecular formula is C17H33N3O. The van der Waals surface area contributed by atoms with Gasteiger partial charge in [-0.25, -0.2) is 0 Å². The van der Waals surface area contributed by atoms with Gasteiger partial charge in [0.05, 0.1) is 12.2 Å². The number of hydrogen-bond donors (Lipinski definition) is 1. The van der Waals surface area contributed by atoms with E-state index in [1.807, 2.05) is 0 Å². The molecule has 21 heavy (non-hydrogen) atoms. The van der Waals surface area contributed by atoms with E-state index in [0.29, 0.717) is 5.92 Å². The van der Waals surface area contributed by atoms with Gasteiger partial charge in [-0.3, -0.25) is 4.90 Å². The molecular weight excluding hydrogens is 262 g/mol. The van der Waals surface area contributed by atoms with Crippen molar-refractivity contribution in [3.05, 3.63) is 17.5 Å². The predicted octanol–water partition coefficient (Wildman–Crippen LogP) is 3.82. The molecule has 0 bridgehead atoms. The lowest BCUT2D eigenvalue weighted by molar-refractivity contribution is 0.224. The van der Waals surface area contributed by atoms with Crippen molar-refractivity contribution in [2.45, 2.75) is 66.5 Å². The van der Waals surface area contributed by atoms with Crippen LogP contribution in [0.5, 0.6) is 0 Å². The third kappa shape index (κ3) is 8.22. The summed E-state index contributed by atoms with van der Waals surface area (Å²) in [6.07, 6.45) is 4.98. The molecule has 4 heteroatoms. The molecule has 0 spiro atoms. The number of unbranched alkanes of at least 4 members (excludes halogenated alkanes) is 2. The molecule has 4 nitrogen and oxygen atoms in total. The summed E-state index contributed by atoms with van der Waals surface area (Å²) in [7, 11) is 0. The summed E-state index contributed by atoms with van der Waals surface area (Å²) >= 11 is 0. The van der Waals surface area contributed by atoms with Gasteiger partial charge in [-0.1, -0.05) is 45.7 Å². The Kier molecular flexibility index (Phi) is 9.35. The highest BCUT2D eigenvalue weighted by Gasteiger charge is 2.10. The van der Waals surface area contributed by atoms with Crippen LogP contribution in [0.3, 0.4) is 0 Å². The minimum Gasteiger partial charge on any atom is -0.360 e. The second kappa shape index (κ2) is 10.8. The summed E-state index contributed by atoms with van der Waals surface area (Å²) in [6, 6.07) is 2.10. The largest absolute Gasteiger partial charge is 0.360 e. The maximum absolute atomic E-state index is 5.48. The Hall–Kier alpha value is -0.870. The first-order chi connectivity index (χ1) is 10.2. The molecule has 1 aromatic heterocycles. The van der Waals surface area contributed by atoms with Gasteiger partial charge >= 0.3 is 0 Å². The summed E-state index contributed by atoms with van der Waals surface area (Å²) < 4.78 is 5.48. The summed E-state index contributed by atoms with van der Waals surface area (Å²) in [5.41, 5.74) is 1.01. The zero-order valence-electron chi connectivity index (χ0n) is 14.3. The van der Waals surface area contributed by atoms with Crippen molar-refractivity contribution >= 4 is 0 Å². The van der Waals surface area contributed by atoms with Crippen molar-refractivity contribution < 1.29 is 4.52 Å². The molecule has 0 aliphatic carbocycles. The summed E-state index contributed by atoms with van der Waals surface area (Å²) in [5, 5.41) is 7.56. The van der Waals surface area contributed by atoms with Crippen LogP contribution in [0.2, 0.25) is 0 Å². The van der Waals surface area contributed by atoms with E-state index in [1.54, 1.807) is 0 Å². The maximum atomic E-state index is 5.48. The van der Waals surface area contributed by atoms with Crippen LogP contribution in [-0.2, 0) is 13.1 Å². The van der Waals surface area contributed by atoms with Crippen LogP contribution >= 0.6 is 0 Å². The third-order valence-electron chi connectivity index (χ3n) is 3.50. The molecule has 0 saturated carbocycles. The predicted molar refractivity (Wildman–Crippen MR) is 88.1 cm³/mol. The van der Waals surface area contributed by atoms with Gasteiger partial charge in [-0.2, -0.15) is 0 Å². The van der Waals surface area contributed by atoms with Crippen LogP contribution in [-0.4, -0.2) is 29.7 Å². The highest BCUT2D eigenvalue weighted by Crippen LogP contribution is 2.10. The van der Waals surface area contributed by atoms with Gasteiger partial charge in [0.25, 0.3) is 0 Å². The lowest BCUT2D eigenvalue weighted by atomic mass is 10.2. The fraction of sp³-hybridized carbons (Fsp3) is 0.824. The lowest BCUT2D eigenvalue weighted by Crippen LogP contribution is -2.25. The van der Waals surface area contributed by atoms with Gasteiger partial charge < -0.3 is 9.84 Å². The van der Waals surface area contributed by atoms with Crippen LogP contribution in [0.1, 0.15) is 64.8 Å². The average Bonchev–Trinajstić information content (AvgIpc) is 2.89. The van der Waals surface area contributed by atoms with Gasteiger partial charge in [0.15, 0.2) is 5.76 Å². The SMILES string of the molecule is CCCCN(CCCC)Cc1cc(CNCC(C)C)no1. The maximum Gasteiger partial charge on any atom is 0.151 e. The van der Waals surface area contributed by atoms with Gasteiger partial charge in [-0.15, -0.1) is 0 Å². The zero-order chi connectivity index (χ0) is 15.5. The molecule has 0 aliphatic rings. The lowest BCUT2D eigenvalue weighted by Gasteiger charge is -2.20. The fourth-order valence-corrected chi connectivity index (χ4v) is 2.26. The van der Waals surface area contributed by atoms with E-state index in [1.165, 1.54) is 25.7 Å². The Morgan fingerprint density at radius 1 is 1.19 bits per heavy atom. The Balaban J connectivity index is 2.41. The van der Waals surface area contributed by atoms with E-state index in [9.17, 15) is 0 Å². The van der Waals surface area contributed by atoms with Crippen molar-refractivity contribution in [1.29, 1.82) is 0 Å². The first kappa shape index (κ1) is 18.2. The monoisotopic (exact) mass is 295 g/mol.